The number of phenols is 2. The summed E-state index contributed by atoms with van der Waals surface area (Å²) < 4.78 is 4.95. The van der Waals surface area contributed by atoms with E-state index >= 15 is 0 Å². The first-order valence-corrected chi connectivity index (χ1v) is 7.88. The van der Waals surface area contributed by atoms with Gasteiger partial charge in [0.1, 0.15) is 0 Å². The Balaban J connectivity index is 2.02. The van der Waals surface area contributed by atoms with Crippen molar-refractivity contribution in [2.24, 2.45) is 0 Å². The first-order chi connectivity index (χ1) is 11.8. The molecule has 0 spiro atoms. The van der Waals surface area contributed by atoms with Crippen molar-refractivity contribution >= 4 is 17.6 Å². The van der Waals surface area contributed by atoms with Crippen LogP contribution in [0.2, 0.25) is 0 Å². The number of hydrogen-bond acceptors (Lipinski definition) is 5. The van der Waals surface area contributed by atoms with Crippen molar-refractivity contribution in [1.82, 2.24) is 0 Å². The quantitative estimate of drug-likeness (QED) is 0.572. The Hall–Kier alpha value is -3.02. The number of nitrogens with one attached hydrogen (secondary N) is 1. The molecule has 6 nitrogen and oxygen atoms in total. The second-order valence-corrected chi connectivity index (χ2v) is 6.02. The van der Waals surface area contributed by atoms with Crippen molar-refractivity contribution in [2.75, 3.05) is 11.9 Å². The molecule has 2 aromatic rings. The molecule has 3 N–H and O–H groups in total. The van der Waals surface area contributed by atoms with Crippen LogP contribution in [-0.2, 0) is 9.53 Å². The number of carbonyl (C=O) groups is 2. The van der Waals surface area contributed by atoms with Gasteiger partial charge in [-0.2, -0.15) is 0 Å². The van der Waals surface area contributed by atoms with Crippen molar-refractivity contribution in [3.05, 3.63) is 53.1 Å². The molecule has 0 saturated carbocycles. The Morgan fingerprint density at radius 2 is 1.84 bits per heavy atom. The number of esters is 1. The van der Waals surface area contributed by atoms with E-state index in [-0.39, 0.29) is 17.2 Å². The van der Waals surface area contributed by atoms with Gasteiger partial charge in [-0.15, -0.1) is 0 Å². The van der Waals surface area contributed by atoms with Crippen LogP contribution in [0.5, 0.6) is 11.5 Å². The van der Waals surface area contributed by atoms with E-state index in [2.05, 4.69) is 5.32 Å². The zero-order valence-corrected chi connectivity index (χ0v) is 14.4. The molecule has 0 fully saturated rings. The third kappa shape index (κ3) is 4.50. The predicted octanol–water partition coefficient (Wildman–Crippen LogP) is 3.33. The van der Waals surface area contributed by atoms with E-state index in [0.717, 1.165) is 22.9 Å². The second kappa shape index (κ2) is 7.70. The number of anilines is 1. The van der Waals surface area contributed by atoms with Gasteiger partial charge < -0.3 is 20.3 Å². The average molecular weight is 343 g/mol. The molecule has 0 aliphatic rings. The van der Waals surface area contributed by atoms with Gasteiger partial charge in [-0.1, -0.05) is 32.0 Å². The fourth-order valence-corrected chi connectivity index (χ4v) is 2.38. The van der Waals surface area contributed by atoms with E-state index in [1.165, 1.54) is 12.1 Å². The van der Waals surface area contributed by atoms with Gasteiger partial charge in [0.25, 0.3) is 5.91 Å². The van der Waals surface area contributed by atoms with E-state index < -0.39 is 24.2 Å². The maximum Gasteiger partial charge on any atom is 0.338 e. The zero-order valence-electron chi connectivity index (χ0n) is 14.4. The van der Waals surface area contributed by atoms with Crippen molar-refractivity contribution in [2.45, 2.75) is 26.7 Å². The molecule has 132 valence electrons. The molecule has 0 aromatic heterocycles. The number of amides is 1. The highest BCUT2D eigenvalue weighted by atomic mass is 16.5. The minimum absolute atomic E-state index is 0.0434. The summed E-state index contributed by atoms with van der Waals surface area (Å²) in [4.78, 5) is 24.0. The first kappa shape index (κ1) is 18.3. The Morgan fingerprint density at radius 1 is 1.12 bits per heavy atom. The molecule has 0 aliphatic heterocycles. The maximum absolute atomic E-state index is 12.1. The summed E-state index contributed by atoms with van der Waals surface area (Å²) >= 11 is 0. The van der Waals surface area contributed by atoms with E-state index in [1.807, 2.05) is 39.0 Å². The lowest BCUT2D eigenvalue weighted by molar-refractivity contribution is -0.119. The van der Waals surface area contributed by atoms with E-state index in [0.29, 0.717) is 0 Å². The van der Waals surface area contributed by atoms with Crippen LogP contribution in [0.15, 0.2) is 36.4 Å². The van der Waals surface area contributed by atoms with Crippen LogP contribution in [0.25, 0.3) is 0 Å². The van der Waals surface area contributed by atoms with Crippen LogP contribution in [0.1, 0.15) is 41.3 Å². The van der Waals surface area contributed by atoms with Gasteiger partial charge in [-0.25, -0.2) is 4.79 Å². The molecule has 0 bridgehead atoms. The third-order valence-electron chi connectivity index (χ3n) is 3.74. The molecule has 2 aromatic carbocycles. The number of rotatable bonds is 5. The molecule has 1 amide bonds. The summed E-state index contributed by atoms with van der Waals surface area (Å²) in [6.07, 6.45) is 0. The lowest BCUT2D eigenvalue weighted by Crippen LogP contribution is -2.22. The van der Waals surface area contributed by atoms with Gasteiger partial charge in [0, 0.05) is 5.69 Å². The van der Waals surface area contributed by atoms with Crippen LogP contribution in [0.4, 0.5) is 5.69 Å². The van der Waals surface area contributed by atoms with Gasteiger partial charge in [-0.05, 0) is 42.2 Å². The molecule has 25 heavy (non-hydrogen) atoms. The Morgan fingerprint density at radius 3 is 2.48 bits per heavy atom. The fourth-order valence-electron chi connectivity index (χ4n) is 2.38. The summed E-state index contributed by atoms with van der Waals surface area (Å²) in [7, 11) is 0. The topological polar surface area (TPSA) is 95.9 Å². The van der Waals surface area contributed by atoms with E-state index in [4.69, 9.17) is 4.74 Å². The average Bonchev–Trinajstić information content (AvgIpc) is 2.56. The summed E-state index contributed by atoms with van der Waals surface area (Å²) in [5, 5.41) is 21.4. The lowest BCUT2D eigenvalue weighted by Gasteiger charge is -2.16. The monoisotopic (exact) mass is 343 g/mol. The standard InChI is InChI=1S/C19H21NO5/c1-11(2)14-6-4-5-12(3)18(14)20-17(23)10-25-19(24)13-7-8-15(21)16(22)9-13/h4-9,11,21-22H,10H2,1-3H3,(H,20,23). The normalized spacial score (nSPS) is 10.6. The second-order valence-electron chi connectivity index (χ2n) is 6.02. The number of benzene rings is 2. The number of carbonyl (C=O) groups excluding carboxylic acids is 2. The number of aromatic hydroxyl groups is 2. The van der Waals surface area contributed by atoms with Crippen LogP contribution in [0, 0.1) is 6.92 Å². The summed E-state index contributed by atoms with van der Waals surface area (Å²) in [5.41, 5.74) is 2.69. The van der Waals surface area contributed by atoms with E-state index in [1.54, 1.807) is 0 Å². The van der Waals surface area contributed by atoms with Crippen LogP contribution in [0.3, 0.4) is 0 Å². The summed E-state index contributed by atoms with van der Waals surface area (Å²) in [5.74, 6) is -1.75. The number of hydrogen-bond donors (Lipinski definition) is 3. The SMILES string of the molecule is Cc1cccc(C(C)C)c1NC(=O)COC(=O)c1ccc(O)c(O)c1. The van der Waals surface area contributed by atoms with Gasteiger partial charge in [0.05, 0.1) is 5.56 Å². The predicted molar refractivity (Wildman–Crippen MR) is 94.0 cm³/mol. The fraction of sp³-hybridized carbons (Fsp3) is 0.263. The van der Waals surface area contributed by atoms with Crippen molar-refractivity contribution in [3.63, 3.8) is 0 Å². The van der Waals surface area contributed by atoms with Gasteiger partial charge in [0.15, 0.2) is 18.1 Å². The molecule has 0 atom stereocenters. The molecule has 6 heteroatoms. The molecule has 0 heterocycles. The largest absolute Gasteiger partial charge is 0.504 e. The Bertz CT molecular complexity index is 798. The highest BCUT2D eigenvalue weighted by Crippen LogP contribution is 2.27. The molecule has 0 saturated heterocycles. The number of ether oxygens (including phenoxy) is 1. The third-order valence-corrected chi connectivity index (χ3v) is 3.74. The molecule has 0 radical (unpaired) electrons. The highest BCUT2D eigenvalue weighted by Gasteiger charge is 2.15. The van der Waals surface area contributed by atoms with Gasteiger partial charge in [-0.3, -0.25) is 4.79 Å². The molecular formula is C19H21NO5. The van der Waals surface area contributed by atoms with Crippen molar-refractivity contribution in [1.29, 1.82) is 0 Å². The summed E-state index contributed by atoms with van der Waals surface area (Å²) in [6, 6.07) is 9.32. The lowest BCUT2D eigenvalue weighted by atomic mass is 9.98. The Labute approximate surface area is 146 Å². The molecule has 2 rings (SSSR count). The van der Waals surface area contributed by atoms with Crippen molar-refractivity contribution < 1.29 is 24.5 Å². The number of aryl methyl sites for hydroxylation is 1. The maximum atomic E-state index is 12.1. The minimum Gasteiger partial charge on any atom is -0.504 e. The molecule has 0 aliphatic carbocycles. The van der Waals surface area contributed by atoms with Crippen LogP contribution >= 0.6 is 0 Å². The number of para-hydroxylation sites is 1. The number of phenolic OH excluding ortho intramolecular Hbond substituents is 2. The van der Waals surface area contributed by atoms with Crippen molar-refractivity contribution in [3.8, 4) is 11.5 Å². The molecule has 0 unspecified atom stereocenters. The summed E-state index contributed by atoms with van der Waals surface area (Å²) in [6.45, 7) is 5.50. The minimum atomic E-state index is -0.765. The smallest absolute Gasteiger partial charge is 0.338 e. The van der Waals surface area contributed by atoms with Crippen LogP contribution in [-0.4, -0.2) is 28.7 Å². The van der Waals surface area contributed by atoms with Gasteiger partial charge in [0.2, 0.25) is 0 Å². The van der Waals surface area contributed by atoms with Crippen LogP contribution < -0.4 is 5.32 Å². The zero-order chi connectivity index (χ0) is 18.6. The van der Waals surface area contributed by atoms with E-state index in [9.17, 15) is 19.8 Å². The molecular weight excluding hydrogens is 322 g/mol. The first-order valence-electron chi connectivity index (χ1n) is 7.88. The Kier molecular flexibility index (Phi) is 5.64. The highest BCUT2D eigenvalue weighted by molar-refractivity contribution is 5.96. The van der Waals surface area contributed by atoms with Gasteiger partial charge >= 0.3 is 5.97 Å².